The van der Waals surface area contributed by atoms with Gasteiger partial charge >= 0.3 is 0 Å². The van der Waals surface area contributed by atoms with Crippen LogP contribution < -0.4 is 0 Å². The van der Waals surface area contributed by atoms with Crippen molar-refractivity contribution >= 4 is 0 Å². The molecule has 5 heterocycles. The van der Waals surface area contributed by atoms with Crippen LogP contribution in [0.25, 0.3) is 17.3 Å². The van der Waals surface area contributed by atoms with Crippen LogP contribution in [0, 0.1) is 5.41 Å². The van der Waals surface area contributed by atoms with Gasteiger partial charge in [-0.25, -0.2) is 14.6 Å². The monoisotopic (exact) mass is 452 g/mol. The predicted octanol–water partition coefficient (Wildman–Crippen LogP) is 4.21. The standard InChI is InChI=1S/C25H34N6O.H2O/c1-24(2,3)9-12-30-19(25(4,5)6)14-28-23(30)21-17-13-16-7-8-18(32-16)22(17)31(29-21)20-15-26-10-11-27-20;/h10-11,14-16,18H,7-9,12-13H2,1-6H3;1H2. The molecule has 2 unspecified atom stereocenters. The van der Waals surface area contributed by atoms with Gasteiger partial charge in [0.25, 0.3) is 0 Å². The molecule has 0 amide bonds. The highest BCUT2D eigenvalue weighted by Crippen LogP contribution is 2.45. The maximum absolute atomic E-state index is 6.28. The number of fused-ring (bicyclic) bond motifs is 4. The molecule has 2 aliphatic rings. The number of rotatable bonds is 4. The van der Waals surface area contributed by atoms with E-state index in [9.17, 15) is 0 Å². The molecule has 3 aromatic heterocycles. The summed E-state index contributed by atoms with van der Waals surface area (Å²) in [5.41, 5.74) is 4.83. The number of hydrogen-bond acceptors (Lipinski definition) is 5. The van der Waals surface area contributed by atoms with Crippen molar-refractivity contribution in [3.63, 3.8) is 0 Å². The second kappa shape index (κ2) is 8.33. The molecule has 0 aliphatic carbocycles. The molecule has 2 N–H and O–H groups in total. The number of aromatic nitrogens is 6. The van der Waals surface area contributed by atoms with Gasteiger partial charge in [0, 0.05) is 48.2 Å². The van der Waals surface area contributed by atoms with Crippen molar-refractivity contribution in [1.29, 1.82) is 0 Å². The van der Waals surface area contributed by atoms with Gasteiger partial charge in [0.1, 0.15) is 11.8 Å². The number of hydrogen-bond donors (Lipinski definition) is 0. The molecule has 0 aromatic carbocycles. The van der Waals surface area contributed by atoms with Gasteiger partial charge in [0.05, 0.1) is 18.0 Å². The van der Waals surface area contributed by atoms with Crippen molar-refractivity contribution in [2.45, 2.75) is 91.4 Å². The zero-order chi connectivity index (χ0) is 22.7. The van der Waals surface area contributed by atoms with Gasteiger partial charge in [-0.3, -0.25) is 4.98 Å². The first-order chi connectivity index (χ1) is 15.1. The van der Waals surface area contributed by atoms with Crippen molar-refractivity contribution in [2.24, 2.45) is 5.41 Å². The average molecular weight is 453 g/mol. The van der Waals surface area contributed by atoms with E-state index in [4.69, 9.17) is 14.8 Å². The molecule has 2 bridgehead atoms. The second-order valence-electron chi connectivity index (χ2n) is 11.4. The van der Waals surface area contributed by atoms with Gasteiger partial charge < -0.3 is 14.8 Å². The SMILES string of the molecule is CC(C)(C)CCn1c(C(C)(C)C)cnc1-c1nn(-c2cnccn2)c2c1CC1CCC2O1.O. The first kappa shape index (κ1) is 23.6. The van der Waals surface area contributed by atoms with Crippen LogP contribution in [-0.2, 0) is 23.1 Å². The summed E-state index contributed by atoms with van der Waals surface area (Å²) in [7, 11) is 0. The molecule has 1 fully saturated rings. The van der Waals surface area contributed by atoms with Crippen molar-refractivity contribution in [3.8, 4) is 17.3 Å². The fourth-order valence-corrected chi connectivity index (χ4v) is 4.87. The van der Waals surface area contributed by atoms with Crippen LogP contribution in [-0.4, -0.2) is 40.9 Å². The largest absolute Gasteiger partial charge is 0.412 e. The van der Waals surface area contributed by atoms with Gasteiger partial charge in [-0.05, 0) is 24.7 Å². The van der Waals surface area contributed by atoms with Crippen LogP contribution in [0.3, 0.4) is 0 Å². The molecule has 2 atom stereocenters. The third kappa shape index (κ3) is 4.34. The minimum Gasteiger partial charge on any atom is -0.412 e. The highest BCUT2D eigenvalue weighted by molar-refractivity contribution is 5.60. The predicted molar refractivity (Wildman–Crippen MR) is 127 cm³/mol. The zero-order valence-corrected chi connectivity index (χ0v) is 20.6. The molecule has 178 valence electrons. The van der Waals surface area contributed by atoms with Crippen molar-refractivity contribution in [1.82, 2.24) is 29.3 Å². The maximum atomic E-state index is 6.28. The Balaban J connectivity index is 0.00000259. The van der Waals surface area contributed by atoms with Gasteiger partial charge in [-0.15, -0.1) is 0 Å². The van der Waals surface area contributed by atoms with E-state index >= 15 is 0 Å². The zero-order valence-electron chi connectivity index (χ0n) is 20.6. The number of imidazole rings is 1. The van der Waals surface area contributed by atoms with Crippen molar-refractivity contribution < 1.29 is 10.2 Å². The van der Waals surface area contributed by atoms with E-state index in [1.54, 1.807) is 18.6 Å². The summed E-state index contributed by atoms with van der Waals surface area (Å²) in [6, 6.07) is 0. The van der Waals surface area contributed by atoms with Gasteiger partial charge in [-0.1, -0.05) is 41.5 Å². The van der Waals surface area contributed by atoms with E-state index in [0.29, 0.717) is 0 Å². The highest BCUT2D eigenvalue weighted by Gasteiger charge is 2.40. The summed E-state index contributed by atoms with van der Waals surface area (Å²) in [6.45, 7) is 14.6. The molecule has 0 spiro atoms. The third-order valence-electron chi connectivity index (χ3n) is 6.56. The van der Waals surface area contributed by atoms with Crippen LogP contribution in [0.2, 0.25) is 0 Å². The Kier molecular flexibility index (Phi) is 5.95. The van der Waals surface area contributed by atoms with Crippen LogP contribution >= 0.6 is 0 Å². The lowest BCUT2D eigenvalue weighted by molar-refractivity contribution is 0.0287. The van der Waals surface area contributed by atoms with Gasteiger partial charge in [0.15, 0.2) is 11.6 Å². The fourth-order valence-electron chi connectivity index (χ4n) is 4.87. The van der Waals surface area contributed by atoms with Crippen LogP contribution in [0.15, 0.2) is 24.8 Å². The summed E-state index contributed by atoms with van der Waals surface area (Å²) in [5.74, 6) is 1.69. The highest BCUT2D eigenvalue weighted by atomic mass is 16.5. The molecule has 5 rings (SSSR count). The molecular formula is C25H36N6O2. The average Bonchev–Trinajstić information content (AvgIpc) is 3.42. The van der Waals surface area contributed by atoms with Crippen LogP contribution in [0.4, 0.5) is 0 Å². The number of nitrogens with zero attached hydrogens (tertiary/aromatic N) is 6. The quantitative estimate of drug-likeness (QED) is 0.590. The number of ether oxygens (including phenoxy) is 1. The minimum absolute atomic E-state index is 0. The first-order valence-corrected chi connectivity index (χ1v) is 11.7. The summed E-state index contributed by atoms with van der Waals surface area (Å²) < 4.78 is 10.6. The summed E-state index contributed by atoms with van der Waals surface area (Å²) in [5, 5.41) is 5.10. The van der Waals surface area contributed by atoms with E-state index in [1.165, 1.54) is 11.3 Å². The molecule has 8 nitrogen and oxygen atoms in total. The smallest absolute Gasteiger partial charge is 0.172 e. The molecule has 0 radical (unpaired) electrons. The molecular weight excluding hydrogens is 416 g/mol. The Labute approximate surface area is 195 Å². The topological polar surface area (TPSA) is 102 Å². The Morgan fingerprint density at radius 2 is 1.82 bits per heavy atom. The lowest BCUT2D eigenvalue weighted by Gasteiger charge is -2.25. The lowest BCUT2D eigenvalue weighted by Crippen LogP contribution is -2.21. The van der Waals surface area contributed by atoms with Gasteiger partial charge in [0.2, 0.25) is 0 Å². The lowest BCUT2D eigenvalue weighted by atomic mass is 9.90. The summed E-state index contributed by atoms with van der Waals surface area (Å²) in [6.07, 6.45) is 11.6. The van der Waals surface area contributed by atoms with Gasteiger partial charge in [-0.2, -0.15) is 5.10 Å². The summed E-state index contributed by atoms with van der Waals surface area (Å²) >= 11 is 0. The van der Waals surface area contributed by atoms with Crippen molar-refractivity contribution in [3.05, 3.63) is 41.7 Å². The van der Waals surface area contributed by atoms with E-state index < -0.39 is 0 Å². The molecule has 33 heavy (non-hydrogen) atoms. The molecule has 8 heteroatoms. The fraction of sp³-hybridized carbons (Fsp3) is 0.600. The normalized spacial score (nSPS) is 19.9. The minimum atomic E-state index is -0.00118. The Morgan fingerprint density at radius 3 is 2.48 bits per heavy atom. The molecule has 2 aliphatic heterocycles. The Hall–Kier alpha value is -2.58. The summed E-state index contributed by atoms with van der Waals surface area (Å²) in [4.78, 5) is 13.8. The van der Waals surface area contributed by atoms with E-state index in [2.05, 4.69) is 56.1 Å². The van der Waals surface area contributed by atoms with Crippen molar-refractivity contribution in [2.75, 3.05) is 0 Å². The molecule has 3 aromatic rings. The van der Waals surface area contributed by atoms with E-state index in [1.807, 2.05) is 10.9 Å². The Morgan fingerprint density at radius 1 is 1.03 bits per heavy atom. The van der Waals surface area contributed by atoms with Crippen LogP contribution in [0.1, 0.15) is 83.9 Å². The Bertz CT molecular complexity index is 1120. The molecule has 0 saturated carbocycles. The molecule has 1 saturated heterocycles. The first-order valence-electron chi connectivity index (χ1n) is 11.7. The maximum Gasteiger partial charge on any atom is 0.172 e. The van der Waals surface area contributed by atoms with Crippen LogP contribution in [0.5, 0.6) is 0 Å². The second-order valence-corrected chi connectivity index (χ2v) is 11.4. The van der Waals surface area contributed by atoms with E-state index in [-0.39, 0.29) is 28.5 Å². The third-order valence-corrected chi connectivity index (χ3v) is 6.56. The van der Waals surface area contributed by atoms with E-state index in [0.717, 1.165) is 55.3 Å².